The molecule has 0 aliphatic heterocycles. The Bertz CT molecular complexity index is 1190. The minimum atomic E-state index is -4.72. The lowest BCUT2D eigenvalue weighted by Crippen LogP contribution is -2.09. The van der Waals surface area contributed by atoms with Gasteiger partial charge in [0.15, 0.2) is 5.82 Å². The van der Waals surface area contributed by atoms with Crippen LogP contribution in [0.3, 0.4) is 0 Å². The third-order valence-electron chi connectivity index (χ3n) is 4.15. The zero-order chi connectivity index (χ0) is 24.8. The summed E-state index contributed by atoms with van der Waals surface area (Å²) in [4.78, 5) is 7.95. The van der Waals surface area contributed by atoms with Crippen molar-refractivity contribution in [2.24, 2.45) is 0 Å². The molecule has 4 aromatic rings. The number of ether oxygens (including phenoxy) is 1. The highest BCUT2D eigenvalue weighted by Gasteiger charge is 2.38. The van der Waals surface area contributed by atoms with Crippen LogP contribution in [0.25, 0.3) is 17.2 Å². The first-order valence-corrected chi connectivity index (χ1v) is 11.0. The fraction of sp³-hybridized carbons (Fsp3) is 0.318. The second-order valence-electron chi connectivity index (χ2n) is 6.09. The van der Waals surface area contributed by atoms with Crippen molar-refractivity contribution in [3.63, 3.8) is 0 Å². The highest BCUT2D eigenvalue weighted by Crippen LogP contribution is 2.32. The van der Waals surface area contributed by atoms with E-state index in [1.165, 1.54) is 29.8 Å². The van der Waals surface area contributed by atoms with Gasteiger partial charge in [0, 0.05) is 6.20 Å². The minimum Gasteiger partial charge on any atom is -0.497 e. The van der Waals surface area contributed by atoms with Gasteiger partial charge in [-0.05, 0) is 45.8 Å². The third kappa shape index (κ3) is 5.89. The fourth-order valence-electron chi connectivity index (χ4n) is 2.78. The van der Waals surface area contributed by atoms with Crippen LogP contribution in [0, 0.1) is 5.82 Å². The maximum atomic E-state index is 13.6. The van der Waals surface area contributed by atoms with E-state index in [2.05, 4.69) is 31.0 Å². The summed E-state index contributed by atoms with van der Waals surface area (Å²) in [5.41, 5.74) is 1.16. The molecule has 178 valence electrons. The van der Waals surface area contributed by atoms with Crippen LogP contribution in [0.5, 0.6) is 5.75 Å². The smallest absolute Gasteiger partial charge is 0.453 e. The molecule has 3 heterocycles. The topological polar surface area (TPSA) is 57.2 Å². The van der Waals surface area contributed by atoms with Crippen LogP contribution < -0.4 is 4.74 Å². The highest BCUT2D eigenvalue weighted by atomic mass is 79.9. The highest BCUT2D eigenvalue weighted by molar-refractivity contribution is 9.10. The first-order valence-electron chi connectivity index (χ1n) is 10.2. The zero-order valence-electron chi connectivity index (χ0n) is 18.8. The van der Waals surface area contributed by atoms with Crippen molar-refractivity contribution in [3.8, 4) is 17.3 Å². The summed E-state index contributed by atoms with van der Waals surface area (Å²) in [6.45, 7) is 8.02. The lowest BCUT2D eigenvalue weighted by Gasteiger charge is -2.06. The van der Waals surface area contributed by atoms with Gasteiger partial charge >= 0.3 is 6.18 Å². The maximum Gasteiger partial charge on any atom is 0.453 e. The van der Waals surface area contributed by atoms with E-state index < -0.39 is 17.8 Å². The molecule has 0 amide bonds. The number of hydrogen-bond acceptors (Lipinski definition) is 4. The van der Waals surface area contributed by atoms with E-state index in [4.69, 9.17) is 4.74 Å². The molecule has 0 saturated carbocycles. The predicted molar refractivity (Wildman–Crippen MR) is 122 cm³/mol. The van der Waals surface area contributed by atoms with Gasteiger partial charge in [0.2, 0.25) is 0 Å². The van der Waals surface area contributed by atoms with E-state index in [0.29, 0.717) is 17.0 Å². The summed E-state index contributed by atoms with van der Waals surface area (Å²) in [5, 5.41) is 3.63. The zero-order valence-corrected chi connectivity index (χ0v) is 20.4. The molecule has 6 nitrogen and oxygen atoms in total. The number of alkyl halides is 3. The van der Waals surface area contributed by atoms with Gasteiger partial charge in [-0.15, -0.1) is 5.10 Å². The van der Waals surface area contributed by atoms with Gasteiger partial charge in [0.05, 0.1) is 13.7 Å². The molecule has 3 aromatic heterocycles. The first kappa shape index (κ1) is 26.3. The molecule has 0 atom stereocenters. The maximum absolute atomic E-state index is 13.6. The fourth-order valence-corrected chi connectivity index (χ4v) is 3.33. The second-order valence-corrected chi connectivity index (χ2v) is 6.84. The molecule has 33 heavy (non-hydrogen) atoms. The van der Waals surface area contributed by atoms with Crippen LogP contribution in [0.2, 0.25) is 0 Å². The van der Waals surface area contributed by atoms with Crippen molar-refractivity contribution < 1.29 is 22.3 Å². The largest absolute Gasteiger partial charge is 0.497 e. The lowest BCUT2D eigenvalue weighted by molar-refractivity contribution is -0.144. The Hall–Kier alpha value is -2.95. The molecule has 0 bridgehead atoms. The van der Waals surface area contributed by atoms with Gasteiger partial charge in [-0.3, -0.25) is 4.40 Å². The van der Waals surface area contributed by atoms with Crippen molar-refractivity contribution in [2.75, 3.05) is 7.11 Å². The van der Waals surface area contributed by atoms with Crippen LogP contribution in [0.1, 0.15) is 39.1 Å². The van der Waals surface area contributed by atoms with Crippen LogP contribution in [0.4, 0.5) is 17.6 Å². The van der Waals surface area contributed by atoms with Crippen LogP contribution in [0.15, 0.2) is 47.2 Å². The molecular formula is C22H24BrF4N5O. The van der Waals surface area contributed by atoms with E-state index in [1.807, 2.05) is 27.7 Å². The number of fused-ring (bicyclic) bond motifs is 1. The molecule has 0 unspecified atom stereocenters. The second kappa shape index (κ2) is 11.3. The Balaban J connectivity index is 0.000000914. The Labute approximate surface area is 197 Å². The van der Waals surface area contributed by atoms with Gasteiger partial charge in [-0.1, -0.05) is 39.8 Å². The molecule has 0 radical (unpaired) electrons. The quantitative estimate of drug-likeness (QED) is 0.278. The van der Waals surface area contributed by atoms with Gasteiger partial charge in [0.25, 0.3) is 5.82 Å². The molecule has 0 spiro atoms. The van der Waals surface area contributed by atoms with E-state index in [1.54, 1.807) is 24.3 Å². The molecule has 0 aliphatic carbocycles. The summed E-state index contributed by atoms with van der Waals surface area (Å²) in [5.74, 6) is -1.27. The number of benzene rings is 1. The Morgan fingerprint density at radius 3 is 2.18 bits per heavy atom. The number of nitrogens with zero attached hydrogens (tertiary/aromatic N) is 5. The molecule has 1 aromatic carbocycles. The number of hydrogen-bond donors (Lipinski definition) is 0. The Morgan fingerprint density at radius 1 is 0.970 bits per heavy atom. The summed E-state index contributed by atoms with van der Waals surface area (Å²) < 4.78 is 61.2. The van der Waals surface area contributed by atoms with Crippen LogP contribution in [-0.4, -0.2) is 31.3 Å². The number of pyridine rings is 1. The summed E-state index contributed by atoms with van der Waals surface area (Å²) in [6.07, 6.45) is -3.55. The van der Waals surface area contributed by atoms with Gasteiger partial charge in [-0.25, -0.2) is 19.0 Å². The van der Waals surface area contributed by atoms with E-state index in [9.17, 15) is 17.6 Å². The minimum absolute atomic E-state index is 0.0249. The molecular weight excluding hydrogens is 506 g/mol. The number of methoxy groups -OCH3 is 1. The Morgan fingerprint density at radius 2 is 1.61 bits per heavy atom. The van der Waals surface area contributed by atoms with E-state index in [-0.39, 0.29) is 22.7 Å². The van der Waals surface area contributed by atoms with Gasteiger partial charge in [-0.2, -0.15) is 13.2 Å². The third-order valence-corrected chi connectivity index (χ3v) is 4.91. The monoisotopic (exact) mass is 529 g/mol. The lowest BCUT2D eigenvalue weighted by atomic mass is 10.2. The molecule has 11 heteroatoms. The first-order chi connectivity index (χ1) is 15.8. The number of rotatable bonds is 4. The van der Waals surface area contributed by atoms with Crippen molar-refractivity contribution in [3.05, 3.63) is 64.4 Å². The van der Waals surface area contributed by atoms with Crippen LogP contribution in [-0.2, 0) is 12.7 Å². The average molecular weight is 530 g/mol. The van der Waals surface area contributed by atoms with Crippen molar-refractivity contribution in [2.45, 2.75) is 40.4 Å². The normalized spacial score (nSPS) is 10.8. The van der Waals surface area contributed by atoms with Crippen molar-refractivity contribution in [1.29, 1.82) is 0 Å². The molecule has 0 fully saturated rings. The van der Waals surface area contributed by atoms with E-state index in [0.717, 1.165) is 4.68 Å². The Kier molecular flexibility index (Phi) is 8.98. The molecule has 0 saturated heterocycles. The standard InChI is InChI=1S/C18H12BrF4N5O.2C2H6/c1-29-12-5-2-10(3-6-12)8-28-16(25-17(26-28)18(21,22)23)14-15(19)27-9-11(20)4-7-13(27)24-14;2*1-2/h2-7,9H,8H2,1H3;2*1-2H3. The van der Waals surface area contributed by atoms with E-state index >= 15 is 0 Å². The molecule has 0 aliphatic rings. The van der Waals surface area contributed by atoms with Gasteiger partial charge < -0.3 is 4.74 Å². The van der Waals surface area contributed by atoms with Gasteiger partial charge in [0.1, 0.15) is 27.5 Å². The van der Waals surface area contributed by atoms with Crippen molar-refractivity contribution in [1.82, 2.24) is 24.1 Å². The predicted octanol–water partition coefficient (Wildman–Crippen LogP) is 6.62. The average Bonchev–Trinajstić information content (AvgIpc) is 3.38. The summed E-state index contributed by atoms with van der Waals surface area (Å²) in [6, 6.07) is 9.44. The summed E-state index contributed by atoms with van der Waals surface area (Å²) >= 11 is 3.28. The number of imidazole rings is 1. The SMILES string of the molecule is CC.CC.COc1ccc(Cn2nc(C(F)(F)F)nc2-c2nc3ccc(F)cn3c2Br)cc1. The van der Waals surface area contributed by atoms with Crippen molar-refractivity contribution >= 4 is 21.6 Å². The molecule has 4 rings (SSSR count). The summed E-state index contributed by atoms with van der Waals surface area (Å²) in [7, 11) is 1.52. The van der Waals surface area contributed by atoms with Crippen LogP contribution >= 0.6 is 15.9 Å². The number of halogens is 5. The molecule has 0 N–H and O–H groups in total. The number of aromatic nitrogens is 5.